The number of aryl methyl sites for hydroxylation is 5. The van der Waals surface area contributed by atoms with Gasteiger partial charge < -0.3 is 18.6 Å². The average Bonchev–Trinajstić information content (AvgIpc) is 3.80. The first-order valence-corrected chi connectivity index (χ1v) is 20.9. The average molecular weight is 771 g/mol. The molecule has 60 heavy (non-hydrogen) atoms. The molecule has 13 rings (SSSR count). The summed E-state index contributed by atoms with van der Waals surface area (Å²) in [7, 11) is 0. The molecule has 2 aromatic heterocycles. The fourth-order valence-corrected chi connectivity index (χ4v) is 10.9. The van der Waals surface area contributed by atoms with Crippen LogP contribution in [0.4, 0.5) is 34.1 Å². The predicted molar refractivity (Wildman–Crippen MR) is 254 cm³/mol. The maximum absolute atomic E-state index is 7.14. The van der Waals surface area contributed by atoms with E-state index in [1.807, 2.05) is 0 Å². The van der Waals surface area contributed by atoms with E-state index in [0.29, 0.717) is 0 Å². The van der Waals surface area contributed by atoms with Crippen molar-refractivity contribution in [2.75, 3.05) is 9.80 Å². The van der Waals surface area contributed by atoms with E-state index in [9.17, 15) is 0 Å². The smallest absolute Gasteiger partial charge is 0.248 e. The summed E-state index contributed by atoms with van der Waals surface area (Å²) >= 11 is 0. The van der Waals surface area contributed by atoms with E-state index >= 15 is 0 Å². The molecular formula is C55H39BN2O2. The van der Waals surface area contributed by atoms with Gasteiger partial charge in [0.1, 0.15) is 11.2 Å². The summed E-state index contributed by atoms with van der Waals surface area (Å²) in [4.78, 5) is 5.04. The van der Waals surface area contributed by atoms with Crippen molar-refractivity contribution in [2.24, 2.45) is 0 Å². The normalized spacial score (nSPS) is 13.3. The first-order chi connectivity index (χ1) is 29.3. The molecule has 0 fully saturated rings. The lowest BCUT2D eigenvalue weighted by atomic mass is 9.33. The molecule has 9 aromatic carbocycles. The highest BCUT2D eigenvalue weighted by Gasteiger charge is 2.45. The summed E-state index contributed by atoms with van der Waals surface area (Å²) in [5.41, 5.74) is 20.3. The highest BCUT2D eigenvalue weighted by atomic mass is 16.3. The van der Waals surface area contributed by atoms with Gasteiger partial charge in [0.05, 0.1) is 34.1 Å². The second-order valence-electron chi connectivity index (χ2n) is 17.2. The van der Waals surface area contributed by atoms with E-state index in [0.717, 1.165) is 72.3 Å². The van der Waals surface area contributed by atoms with Gasteiger partial charge in [0.2, 0.25) is 6.71 Å². The minimum atomic E-state index is -0.0788. The van der Waals surface area contributed by atoms with Gasteiger partial charge in [-0.1, -0.05) is 131 Å². The molecule has 2 aliphatic heterocycles. The SMILES string of the molecule is Cc1cc(C)c(B2c3ccc4c(oc5cc(C)ccc54)c3N3c4cc5ccccc5cc4N(c4cccc5c4oc4cc(C)ccc45)c4cc5ccccc5c2c43)c(C)c1. The second-order valence-corrected chi connectivity index (χ2v) is 17.2. The molecule has 284 valence electrons. The van der Waals surface area contributed by atoms with Gasteiger partial charge in [0.15, 0.2) is 11.2 Å². The lowest BCUT2D eigenvalue weighted by molar-refractivity contribution is 0.668. The number of para-hydroxylation sites is 1. The van der Waals surface area contributed by atoms with E-state index in [2.05, 4.69) is 190 Å². The first kappa shape index (κ1) is 33.7. The summed E-state index contributed by atoms with van der Waals surface area (Å²) in [6.07, 6.45) is 0. The Labute approximate surface area is 347 Å². The Balaban J connectivity index is 1.24. The van der Waals surface area contributed by atoms with Gasteiger partial charge in [-0.05, 0) is 115 Å². The molecule has 0 bridgehead atoms. The van der Waals surface area contributed by atoms with Crippen molar-refractivity contribution in [3.05, 3.63) is 173 Å². The van der Waals surface area contributed by atoms with Crippen LogP contribution in [-0.4, -0.2) is 6.71 Å². The van der Waals surface area contributed by atoms with Crippen LogP contribution in [0, 0.1) is 34.6 Å². The van der Waals surface area contributed by atoms with E-state index in [4.69, 9.17) is 8.83 Å². The van der Waals surface area contributed by atoms with Crippen molar-refractivity contribution >= 4 is 123 Å². The van der Waals surface area contributed by atoms with Gasteiger partial charge in [0.25, 0.3) is 0 Å². The topological polar surface area (TPSA) is 32.8 Å². The fourth-order valence-electron chi connectivity index (χ4n) is 10.9. The summed E-state index contributed by atoms with van der Waals surface area (Å²) < 4.78 is 14.1. The first-order valence-electron chi connectivity index (χ1n) is 20.9. The minimum Gasteiger partial charge on any atom is -0.454 e. The minimum absolute atomic E-state index is 0.0788. The lowest BCUT2D eigenvalue weighted by Gasteiger charge is -2.46. The number of furan rings is 2. The molecule has 0 aliphatic carbocycles. The molecule has 5 heteroatoms. The molecule has 4 nitrogen and oxygen atoms in total. The Bertz CT molecular complexity index is 3680. The van der Waals surface area contributed by atoms with Gasteiger partial charge in [0, 0.05) is 21.5 Å². The van der Waals surface area contributed by atoms with Gasteiger partial charge in [-0.25, -0.2) is 0 Å². The third kappa shape index (κ3) is 4.47. The number of nitrogens with zero attached hydrogens (tertiary/aromatic N) is 2. The van der Waals surface area contributed by atoms with Crippen molar-refractivity contribution in [3.63, 3.8) is 0 Å². The Kier molecular flexibility index (Phi) is 6.70. The standard InChI is InChI=1S/C55H39BN2O2/c1-30-17-19-39-41-15-10-16-44(54(41)59-48(39)25-30)57-45-27-35-11-6-7-12-36(35)28-46(45)58-52-43(22-21-42-40-20-18-31(2)26-49(40)60-55(42)52)56(50-33(4)23-32(3)24-34(50)5)51-38-14-9-8-13-37(38)29-47(57)53(51)58/h6-29H,1-5H3. The zero-order chi connectivity index (χ0) is 40.1. The summed E-state index contributed by atoms with van der Waals surface area (Å²) in [6.45, 7) is 11.0. The van der Waals surface area contributed by atoms with Crippen molar-refractivity contribution in [2.45, 2.75) is 34.6 Å². The largest absolute Gasteiger partial charge is 0.454 e. The van der Waals surface area contributed by atoms with Crippen molar-refractivity contribution in [1.82, 2.24) is 0 Å². The van der Waals surface area contributed by atoms with E-state index < -0.39 is 0 Å². The molecule has 0 spiro atoms. The van der Waals surface area contributed by atoms with Crippen LogP contribution in [0.5, 0.6) is 0 Å². The Morgan fingerprint density at radius 2 is 0.950 bits per heavy atom. The quantitative estimate of drug-likeness (QED) is 0.164. The molecule has 0 radical (unpaired) electrons. The number of anilines is 6. The molecule has 0 N–H and O–H groups in total. The highest BCUT2D eigenvalue weighted by Crippen LogP contribution is 2.58. The van der Waals surface area contributed by atoms with Crippen molar-refractivity contribution in [3.8, 4) is 0 Å². The van der Waals surface area contributed by atoms with Crippen molar-refractivity contribution < 1.29 is 8.83 Å². The van der Waals surface area contributed by atoms with Gasteiger partial charge in [-0.3, -0.25) is 0 Å². The monoisotopic (exact) mass is 770 g/mol. The van der Waals surface area contributed by atoms with Crippen LogP contribution in [0.3, 0.4) is 0 Å². The number of rotatable bonds is 2. The van der Waals surface area contributed by atoms with Crippen LogP contribution < -0.4 is 26.2 Å². The molecule has 0 atom stereocenters. The van der Waals surface area contributed by atoms with Gasteiger partial charge >= 0.3 is 0 Å². The van der Waals surface area contributed by atoms with Gasteiger partial charge in [-0.15, -0.1) is 0 Å². The summed E-state index contributed by atoms with van der Waals surface area (Å²) in [5.74, 6) is 0. The highest BCUT2D eigenvalue weighted by molar-refractivity contribution is 7.00. The maximum Gasteiger partial charge on any atom is 0.248 e. The number of hydrogen-bond donors (Lipinski definition) is 0. The molecule has 0 saturated heterocycles. The summed E-state index contributed by atoms with van der Waals surface area (Å²) in [6, 6.07) is 54.0. The maximum atomic E-state index is 7.14. The third-order valence-electron chi connectivity index (χ3n) is 13.4. The van der Waals surface area contributed by atoms with Crippen LogP contribution in [0.2, 0.25) is 0 Å². The Morgan fingerprint density at radius 3 is 1.65 bits per heavy atom. The van der Waals surface area contributed by atoms with Crippen LogP contribution in [0.1, 0.15) is 27.8 Å². The molecule has 0 amide bonds. The van der Waals surface area contributed by atoms with Crippen LogP contribution in [0.15, 0.2) is 154 Å². The zero-order valence-electron chi connectivity index (χ0n) is 34.1. The molecule has 4 heterocycles. The van der Waals surface area contributed by atoms with Gasteiger partial charge in [-0.2, -0.15) is 0 Å². The molecule has 0 saturated carbocycles. The second kappa shape index (κ2) is 11.9. The van der Waals surface area contributed by atoms with Crippen molar-refractivity contribution in [1.29, 1.82) is 0 Å². The molecular weight excluding hydrogens is 731 g/mol. The van der Waals surface area contributed by atoms with E-state index in [-0.39, 0.29) is 6.71 Å². The van der Waals surface area contributed by atoms with Crippen LogP contribution in [0.25, 0.3) is 65.4 Å². The number of hydrogen-bond acceptors (Lipinski definition) is 4. The zero-order valence-corrected chi connectivity index (χ0v) is 34.1. The Morgan fingerprint density at radius 1 is 0.383 bits per heavy atom. The van der Waals surface area contributed by atoms with E-state index in [1.54, 1.807) is 0 Å². The van der Waals surface area contributed by atoms with Crippen LogP contribution in [-0.2, 0) is 0 Å². The Hall–Kier alpha value is -7.24. The predicted octanol–water partition coefficient (Wildman–Crippen LogP) is 13.4. The molecule has 0 unspecified atom stereocenters. The third-order valence-corrected chi connectivity index (χ3v) is 13.4. The summed E-state index contributed by atoms with van der Waals surface area (Å²) in [5, 5.41) is 9.29. The van der Waals surface area contributed by atoms with Crippen LogP contribution >= 0.6 is 0 Å². The fraction of sp³-hybridized carbons (Fsp3) is 0.0909. The van der Waals surface area contributed by atoms with E-state index in [1.165, 1.54) is 71.4 Å². The molecule has 11 aromatic rings. The number of fused-ring (bicyclic) bond motifs is 14. The lowest BCUT2D eigenvalue weighted by Crippen LogP contribution is -2.59. The number of benzene rings is 9. The molecule has 2 aliphatic rings.